The molecule has 1 heterocycles. The molecular weight excluding hydrogens is 263 g/mol. The van der Waals surface area contributed by atoms with Crippen molar-refractivity contribution in [2.75, 3.05) is 7.05 Å². The van der Waals surface area contributed by atoms with Crippen LogP contribution in [0.1, 0.15) is 22.7 Å². The lowest BCUT2D eigenvalue weighted by Gasteiger charge is -2.19. The maximum absolute atomic E-state index is 13.3. The number of pyridine rings is 1. The summed E-state index contributed by atoms with van der Waals surface area (Å²) in [6.07, 6.45) is 4.23. The summed E-state index contributed by atoms with van der Waals surface area (Å²) in [5.74, 6) is -0.263. The fourth-order valence-corrected chi connectivity index (χ4v) is 2.36. The average Bonchev–Trinajstić information content (AvgIpc) is 2.41. The summed E-state index contributed by atoms with van der Waals surface area (Å²) in [7, 11) is 1.89. The van der Waals surface area contributed by atoms with Crippen LogP contribution < -0.4 is 5.32 Å². The molecule has 19 heavy (non-hydrogen) atoms. The third-order valence-electron chi connectivity index (χ3n) is 3.22. The third kappa shape index (κ3) is 3.31. The summed E-state index contributed by atoms with van der Waals surface area (Å²) >= 11 is 6.12. The van der Waals surface area contributed by atoms with Gasteiger partial charge in [0.25, 0.3) is 0 Å². The Morgan fingerprint density at radius 2 is 2.16 bits per heavy atom. The number of hydrogen-bond donors (Lipinski definition) is 1. The molecule has 0 fully saturated rings. The second-order valence-corrected chi connectivity index (χ2v) is 4.92. The van der Waals surface area contributed by atoms with Crippen LogP contribution in [-0.2, 0) is 6.42 Å². The van der Waals surface area contributed by atoms with Gasteiger partial charge in [0.2, 0.25) is 0 Å². The fourth-order valence-electron chi connectivity index (χ4n) is 2.16. The van der Waals surface area contributed by atoms with Crippen molar-refractivity contribution in [3.8, 4) is 0 Å². The molecule has 0 radical (unpaired) electrons. The lowest BCUT2D eigenvalue weighted by molar-refractivity contribution is 0.581. The number of aryl methyl sites for hydroxylation is 1. The van der Waals surface area contributed by atoms with Crippen molar-refractivity contribution < 1.29 is 4.39 Å². The Morgan fingerprint density at radius 1 is 1.37 bits per heavy atom. The van der Waals surface area contributed by atoms with Gasteiger partial charge in [-0.1, -0.05) is 11.6 Å². The van der Waals surface area contributed by atoms with Crippen molar-refractivity contribution in [3.63, 3.8) is 0 Å². The maximum Gasteiger partial charge on any atom is 0.123 e. The Hall–Kier alpha value is -1.45. The Kier molecular flexibility index (Phi) is 4.51. The van der Waals surface area contributed by atoms with Crippen LogP contribution in [0.4, 0.5) is 4.39 Å². The monoisotopic (exact) mass is 278 g/mol. The molecule has 2 rings (SSSR count). The number of nitrogens with one attached hydrogen (secondary N) is 1. The van der Waals surface area contributed by atoms with Gasteiger partial charge in [-0.2, -0.15) is 0 Å². The van der Waals surface area contributed by atoms with Crippen LogP contribution in [0, 0.1) is 12.7 Å². The van der Waals surface area contributed by atoms with E-state index in [1.165, 1.54) is 12.1 Å². The topological polar surface area (TPSA) is 24.9 Å². The highest BCUT2D eigenvalue weighted by Crippen LogP contribution is 2.25. The first-order chi connectivity index (χ1) is 9.11. The second-order valence-electron chi connectivity index (χ2n) is 4.51. The van der Waals surface area contributed by atoms with Crippen molar-refractivity contribution in [2.45, 2.75) is 19.4 Å². The van der Waals surface area contributed by atoms with Crippen LogP contribution in [0.25, 0.3) is 0 Å². The number of halogens is 2. The molecule has 0 saturated heterocycles. The SMILES string of the molecule is CNC(Cc1cc(F)ccc1Cl)c1ccncc1C. The van der Waals surface area contributed by atoms with Gasteiger partial charge >= 0.3 is 0 Å². The van der Waals surface area contributed by atoms with E-state index < -0.39 is 0 Å². The van der Waals surface area contributed by atoms with Gasteiger partial charge in [0.1, 0.15) is 5.82 Å². The van der Waals surface area contributed by atoms with Crippen LogP contribution in [0.5, 0.6) is 0 Å². The smallest absolute Gasteiger partial charge is 0.123 e. The summed E-state index contributed by atoms with van der Waals surface area (Å²) < 4.78 is 13.3. The molecule has 2 aromatic rings. The zero-order chi connectivity index (χ0) is 13.8. The van der Waals surface area contributed by atoms with Gasteiger partial charge in [-0.3, -0.25) is 4.98 Å². The van der Waals surface area contributed by atoms with E-state index in [4.69, 9.17) is 11.6 Å². The number of likely N-dealkylation sites (N-methyl/N-ethyl adjacent to an activating group) is 1. The number of benzene rings is 1. The zero-order valence-electron chi connectivity index (χ0n) is 11.0. The number of nitrogens with zero attached hydrogens (tertiary/aromatic N) is 1. The molecule has 0 amide bonds. The minimum Gasteiger partial charge on any atom is -0.313 e. The quantitative estimate of drug-likeness (QED) is 0.923. The van der Waals surface area contributed by atoms with Crippen molar-refractivity contribution in [1.82, 2.24) is 10.3 Å². The van der Waals surface area contributed by atoms with E-state index in [9.17, 15) is 4.39 Å². The van der Waals surface area contributed by atoms with Crippen molar-refractivity contribution >= 4 is 11.6 Å². The number of rotatable bonds is 4. The highest BCUT2D eigenvalue weighted by atomic mass is 35.5. The standard InChI is InChI=1S/C15H16ClFN2/c1-10-9-19-6-5-13(10)15(18-2)8-11-7-12(17)3-4-14(11)16/h3-7,9,15,18H,8H2,1-2H3. The van der Waals surface area contributed by atoms with Crippen LogP contribution in [-0.4, -0.2) is 12.0 Å². The summed E-state index contributed by atoms with van der Waals surface area (Å²) in [6.45, 7) is 2.01. The predicted molar refractivity (Wildman–Crippen MR) is 75.9 cm³/mol. The van der Waals surface area contributed by atoms with Gasteiger partial charge in [-0.25, -0.2) is 4.39 Å². The average molecular weight is 279 g/mol. The molecule has 0 aliphatic heterocycles. The van der Waals surface area contributed by atoms with Crippen LogP contribution in [0.2, 0.25) is 5.02 Å². The van der Waals surface area contributed by atoms with Gasteiger partial charge in [0.05, 0.1) is 0 Å². The fraction of sp³-hybridized carbons (Fsp3) is 0.267. The van der Waals surface area contributed by atoms with Crippen molar-refractivity contribution in [3.05, 3.63) is 64.2 Å². The molecule has 0 spiro atoms. The van der Waals surface area contributed by atoms with E-state index in [-0.39, 0.29) is 11.9 Å². The van der Waals surface area contributed by atoms with E-state index in [1.54, 1.807) is 12.3 Å². The molecule has 2 nitrogen and oxygen atoms in total. The molecule has 1 aromatic heterocycles. The molecule has 0 aliphatic rings. The Balaban J connectivity index is 2.29. The molecule has 0 bridgehead atoms. The Labute approximate surface area is 117 Å². The summed E-state index contributed by atoms with van der Waals surface area (Å²) in [6, 6.07) is 6.52. The summed E-state index contributed by atoms with van der Waals surface area (Å²) in [5.41, 5.74) is 3.06. The molecule has 1 N–H and O–H groups in total. The first-order valence-electron chi connectivity index (χ1n) is 6.13. The zero-order valence-corrected chi connectivity index (χ0v) is 11.7. The van der Waals surface area contributed by atoms with Gasteiger partial charge in [-0.15, -0.1) is 0 Å². The van der Waals surface area contributed by atoms with E-state index >= 15 is 0 Å². The van der Waals surface area contributed by atoms with Gasteiger partial charge in [0.15, 0.2) is 0 Å². The van der Waals surface area contributed by atoms with E-state index in [0.717, 1.165) is 16.7 Å². The largest absolute Gasteiger partial charge is 0.313 e. The number of hydrogen-bond acceptors (Lipinski definition) is 2. The first-order valence-corrected chi connectivity index (χ1v) is 6.51. The Bertz CT molecular complexity index is 572. The first kappa shape index (κ1) is 14.0. The van der Waals surface area contributed by atoms with Crippen LogP contribution in [0.3, 0.4) is 0 Å². The summed E-state index contributed by atoms with van der Waals surface area (Å²) in [4.78, 5) is 4.09. The predicted octanol–water partition coefficient (Wildman–Crippen LogP) is 3.69. The van der Waals surface area contributed by atoms with Crippen molar-refractivity contribution in [2.24, 2.45) is 0 Å². The van der Waals surface area contributed by atoms with E-state index in [0.29, 0.717) is 11.4 Å². The van der Waals surface area contributed by atoms with Gasteiger partial charge in [0, 0.05) is 23.5 Å². The molecular formula is C15H16ClFN2. The maximum atomic E-state index is 13.3. The van der Waals surface area contributed by atoms with Gasteiger partial charge in [-0.05, 0) is 61.3 Å². The van der Waals surface area contributed by atoms with Crippen molar-refractivity contribution in [1.29, 1.82) is 0 Å². The molecule has 4 heteroatoms. The molecule has 100 valence electrons. The van der Waals surface area contributed by atoms with Crippen LogP contribution in [0.15, 0.2) is 36.7 Å². The lowest BCUT2D eigenvalue weighted by Crippen LogP contribution is -2.20. The number of aromatic nitrogens is 1. The highest BCUT2D eigenvalue weighted by molar-refractivity contribution is 6.31. The molecule has 1 aromatic carbocycles. The second kappa shape index (κ2) is 6.13. The molecule has 1 atom stereocenters. The highest BCUT2D eigenvalue weighted by Gasteiger charge is 2.14. The molecule has 0 aliphatic carbocycles. The molecule has 0 saturated carbocycles. The van der Waals surface area contributed by atoms with Gasteiger partial charge < -0.3 is 5.32 Å². The Morgan fingerprint density at radius 3 is 2.84 bits per heavy atom. The lowest BCUT2D eigenvalue weighted by atomic mass is 9.97. The van der Waals surface area contributed by atoms with Crippen LogP contribution >= 0.6 is 11.6 Å². The molecule has 1 unspecified atom stereocenters. The minimum atomic E-state index is -0.263. The normalized spacial score (nSPS) is 12.4. The van der Waals surface area contributed by atoms with E-state index in [1.807, 2.05) is 26.2 Å². The third-order valence-corrected chi connectivity index (χ3v) is 3.59. The van der Waals surface area contributed by atoms with E-state index in [2.05, 4.69) is 10.3 Å². The minimum absolute atomic E-state index is 0.0855. The summed E-state index contributed by atoms with van der Waals surface area (Å²) in [5, 5.41) is 3.84.